The van der Waals surface area contributed by atoms with Gasteiger partial charge in [-0.3, -0.25) is 9.69 Å². The van der Waals surface area contributed by atoms with Gasteiger partial charge in [0.05, 0.1) is 13.7 Å². The Morgan fingerprint density at radius 2 is 2.29 bits per heavy atom. The molecule has 3 amide bonds. The number of thioether (sulfide) groups is 1. The van der Waals surface area contributed by atoms with Crippen LogP contribution in [0.25, 0.3) is 0 Å². The molecule has 2 aliphatic rings. The molecule has 7 heteroatoms. The molecule has 0 aliphatic carbocycles. The normalized spacial score (nSPS) is 24.8. The van der Waals surface area contributed by atoms with Gasteiger partial charge in [0.2, 0.25) is 0 Å². The van der Waals surface area contributed by atoms with Crippen LogP contribution in [0.15, 0.2) is 18.2 Å². The lowest BCUT2D eigenvalue weighted by Gasteiger charge is -2.20. The molecule has 0 radical (unpaired) electrons. The molecule has 0 bridgehead atoms. The van der Waals surface area contributed by atoms with Crippen LogP contribution in [0.4, 0.5) is 4.79 Å². The molecule has 2 heterocycles. The Morgan fingerprint density at radius 3 is 2.95 bits per heavy atom. The van der Waals surface area contributed by atoms with E-state index in [9.17, 15) is 9.59 Å². The second kappa shape index (κ2) is 5.42. The first-order chi connectivity index (χ1) is 10.1. The third kappa shape index (κ3) is 2.46. The minimum atomic E-state index is -0.715. The van der Waals surface area contributed by atoms with Crippen molar-refractivity contribution in [2.24, 2.45) is 0 Å². The molecule has 0 aromatic heterocycles. The lowest BCUT2D eigenvalue weighted by molar-refractivity contribution is -0.130. The summed E-state index contributed by atoms with van der Waals surface area (Å²) in [6.45, 7) is 0.167. The Hall–Kier alpha value is -1.40. The molecule has 1 aromatic carbocycles. The van der Waals surface area contributed by atoms with Crippen LogP contribution in [-0.4, -0.2) is 41.0 Å². The number of halogens is 1. The second-order valence-electron chi connectivity index (χ2n) is 5.16. The van der Waals surface area contributed by atoms with E-state index in [0.717, 1.165) is 11.3 Å². The number of imide groups is 1. The molecule has 0 saturated carbocycles. The van der Waals surface area contributed by atoms with Crippen molar-refractivity contribution >= 4 is 35.3 Å². The largest absolute Gasteiger partial charge is 0.496 e. The Labute approximate surface area is 132 Å². The molecular weight excluding hydrogens is 312 g/mol. The molecule has 21 heavy (non-hydrogen) atoms. The molecule has 5 nitrogen and oxygen atoms in total. The smallest absolute Gasteiger partial charge is 0.325 e. The molecule has 1 aromatic rings. The molecule has 1 N–H and O–H groups in total. The van der Waals surface area contributed by atoms with Gasteiger partial charge < -0.3 is 10.1 Å². The van der Waals surface area contributed by atoms with Crippen LogP contribution < -0.4 is 10.1 Å². The van der Waals surface area contributed by atoms with E-state index >= 15 is 0 Å². The van der Waals surface area contributed by atoms with Gasteiger partial charge in [0, 0.05) is 16.3 Å². The number of hydrogen-bond donors (Lipinski definition) is 1. The van der Waals surface area contributed by atoms with Gasteiger partial charge in [-0.2, -0.15) is 11.8 Å². The maximum Gasteiger partial charge on any atom is 0.325 e. The number of urea groups is 1. The highest BCUT2D eigenvalue weighted by Crippen LogP contribution is 2.35. The standard InChI is InChI=1S/C14H15ClN2O3S/c1-20-11-3-2-10(15)6-9(11)7-17-12(18)14(16-13(17)19)4-5-21-8-14/h2-3,6H,4-5,7-8H2,1H3,(H,16,19)/t14-/m1/s1. The summed E-state index contributed by atoms with van der Waals surface area (Å²) in [4.78, 5) is 26.0. The van der Waals surface area contributed by atoms with Gasteiger partial charge in [-0.25, -0.2) is 4.79 Å². The van der Waals surface area contributed by atoms with E-state index in [4.69, 9.17) is 16.3 Å². The van der Waals surface area contributed by atoms with Gasteiger partial charge in [-0.1, -0.05) is 11.6 Å². The zero-order valence-electron chi connectivity index (χ0n) is 11.5. The molecule has 0 unspecified atom stereocenters. The minimum Gasteiger partial charge on any atom is -0.496 e. The third-order valence-corrected chi connectivity index (χ3v) is 5.26. The van der Waals surface area contributed by atoms with E-state index in [1.54, 1.807) is 37.1 Å². The number of methoxy groups -OCH3 is 1. The SMILES string of the molecule is COc1ccc(Cl)cc1CN1C(=O)N[C@@]2(CCSC2)C1=O. The number of nitrogens with one attached hydrogen (secondary N) is 1. The molecule has 2 fully saturated rings. The quantitative estimate of drug-likeness (QED) is 0.866. The lowest BCUT2D eigenvalue weighted by Crippen LogP contribution is -2.46. The first kappa shape index (κ1) is 14.5. The van der Waals surface area contributed by atoms with Gasteiger partial charge in [-0.05, 0) is 30.4 Å². The fourth-order valence-electron chi connectivity index (χ4n) is 2.69. The number of benzene rings is 1. The van der Waals surface area contributed by atoms with Gasteiger partial charge in [-0.15, -0.1) is 0 Å². The average molecular weight is 327 g/mol. The summed E-state index contributed by atoms with van der Waals surface area (Å²) in [5.74, 6) is 1.99. The van der Waals surface area contributed by atoms with Crippen LogP contribution in [0.3, 0.4) is 0 Å². The summed E-state index contributed by atoms with van der Waals surface area (Å²) in [7, 11) is 1.55. The first-order valence-electron chi connectivity index (χ1n) is 6.60. The van der Waals surface area contributed by atoms with Crippen molar-refractivity contribution < 1.29 is 14.3 Å². The summed E-state index contributed by atoms with van der Waals surface area (Å²) in [6.07, 6.45) is 0.686. The van der Waals surface area contributed by atoms with Gasteiger partial charge in [0.15, 0.2) is 0 Å². The molecule has 2 saturated heterocycles. The maximum absolute atomic E-state index is 12.6. The van der Waals surface area contributed by atoms with E-state index in [1.807, 2.05) is 0 Å². The topological polar surface area (TPSA) is 58.6 Å². The van der Waals surface area contributed by atoms with Crippen LogP contribution >= 0.6 is 23.4 Å². The Balaban J connectivity index is 1.86. The minimum absolute atomic E-state index is 0.153. The van der Waals surface area contributed by atoms with E-state index < -0.39 is 5.54 Å². The number of nitrogens with zero attached hydrogens (tertiary/aromatic N) is 1. The van der Waals surface area contributed by atoms with E-state index in [-0.39, 0.29) is 18.5 Å². The number of carbonyl (C=O) groups excluding carboxylic acids is 2. The van der Waals surface area contributed by atoms with Gasteiger partial charge in [0.25, 0.3) is 5.91 Å². The highest BCUT2D eigenvalue weighted by atomic mass is 35.5. The highest BCUT2D eigenvalue weighted by Gasteiger charge is 2.52. The Bertz CT molecular complexity index is 602. The monoisotopic (exact) mass is 326 g/mol. The number of carbonyl (C=O) groups is 2. The molecular formula is C14H15ClN2O3S. The number of amides is 3. The van der Waals surface area contributed by atoms with Gasteiger partial charge >= 0.3 is 6.03 Å². The first-order valence-corrected chi connectivity index (χ1v) is 8.13. The fraction of sp³-hybridized carbons (Fsp3) is 0.429. The third-order valence-electron chi connectivity index (χ3n) is 3.84. The van der Waals surface area contributed by atoms with Crippen LogP contribution in [0.5, 0.6) is 5.75 Å². The lowest BCUT2D eigenvalue weighted by atomic mass is 9.99. The number of ether oxygens (including phenoxy) is 1. The molecule has 1 atom stereocenters. The summed E-state index contributed by atoms with van der Waals surface area (Å²) in [6, 6.07) is 4.82. The van der Waals surface area contributed by atoms with Crippen molar-refractivity contribution in [1.29, 1.82) is 0 Å². The van der Waals surface area contributed by atoms with Crippen LogP contribution in [0.2, 0.25) is 5.02 Å². The van der Waals surface area contributed by atoms with Crippen molar-refractivity contribution in [2.45, 2.75) is 18.5 Å². The summed E-state index contributed by atoms with van der Waals surface area (Å²) in [5, 5.41) is 3.39. The van der Waals surface area contributed by atoms with Crippen molar-refractivity contribution in [3.8, 4) is 5.75 Å². The molecule has 3 rings (SSSR count). The van der Waals surface area contributed by atoms with Crippen molar-refractivity contribution in [3.63, 3.8) is 0 Å². The van der Waals surface area contributed by atoms with Gasteiger partial charge in [0.1, 0.15) is 11.3 Å². The van der Waals surface area contributed by atoms with E-state index in [0.29, 0.717) is 22.9 Å². The van der Waals surface area contributed by atoms with Crippen molar-refractivity contribution in [2.75, 3.05) is 18.6 Å². The molecule has 112 valence electrons. The second-order valence-corrected chi connectivity index (χ2v) is 6.70. The predicted molar refractivity (Wildman–Crippen MR) is 81.8 cm³/mol. The summed E-state index contributed by atoms with van der Waals surface area (Å²) >= 11 is 7.68. The van der Waals surface area contributed by atoms with E-state index in [2.05, 4.69) is 5.32 Å². The van der Waals surface area contributed by atoms with Crippen molar-refractivity contribution in [1.82, 2.24) is 10.2 Å². The number of rotatable bonds is 3. The van der Waals surface area contributed by atoms with Crippen molar-refractivity contribution in [3.05, 3.63) is 28.8 Å². The summed E-state index contributed by atoms with van der Waals surface area (Å²) < 4.78 is 5.27. The zero-order valence-corrected chi connectivity index (χ0v) is 13.1. The van der Waals surface area contributed by atoms with Crippen LogP contribution in [0, 0.1) is 0 Å². The summed E-state index contributed by atoms with van der Waals surface area (Å²) in [5.41, 5.74) is 0.00398. The van der Waals surface area contributed by atoms with Crippen LogP contribution in [0.1, 0.15) is 12.0 Å². The van der Waals surface area contributed by atoms with E-state index in [1.165, 1.54) is 4.90 Å². The highest BCUT2D eigenvalue weighted by molar-refractivity contribution is 7.99. The molecule has 1 spiro atoms. The van der Waals surface area contributed by atoms with Crippen LogP contribution in [-0.2, 0) is 11.3 Å². The Morgan fingerprint density at radius 1 is 1.48 bits per heavy atom. The maximum atomic E-state index is 12.6. The molecule has 2 aliphatic heterocycles. The predicted octanol–water partition coefficient (Wildman–Crippen LogP) is 2.28. The number of hydrogen-bond acceptors (Lipinski definition) is 4. The zero-order chi connectivity index (χ0) is 15.0. The fourth-order valence-corrected chi connectivity index (χ4v) is 4.21. The Kier molecular flexibility index (Phi) is 3.75. The average Bonchev–Trinajstić information content (AvgIpc) is 3.01.